The van der Waals surface area contributed by atoms with Gasteiger partial charge in [0, 0.05) is 22.5 Å². The first-order valence-corrected chi connectivity index (χ1v) is 6.81. The van der Waals surface area contributed by atoms with E-state index in [1.165, 1.54) is 9.35 Å². The lowest BCUT2D eigenvalue weighted by molar-refractivity contribution is 0.107. The van der Waals surface area contributed by atoms with Crippen LogP contribution in [0.2, 0.25) is 0 Å². The van der Waals surface area contributed by atoms with Crippen molar-refractivity contribution in [3.8, 4) is 0 Å². The van der Waals surface area contributed by atoms with Crippen LogP contribution in [0.3, 0.4) is 0 Å². The standard InChI is InChI=1S/C11H18BrNOS/c1-8(14-2)3-4-9(13)7-11-10(12)5-6-15-11/h5-6,8-9H,3-4,7,13H2,1-2H3. The van der Waals surface area contributed by atoms with Gasteiger partial charge in [0.2, 0.25) is 0 Å². The third kappa shape index (κ3) is 4.64. The summed E-state index contributed by atoms with van der Waals surface area (Å²) >= 11 is 5.28. The molecule has 0 aliphatic carbocycles. The maximum absolute atomic E-state index is 6.07. The van der Waals surface area contributed by atoms with Crippen molar-refractivity contribution in [1.29, 1.82) is 0 Å². The Morgan fingerprint density at radius 2 is 2.27 bits per heavy atom. The van der Waals surface area contributed by atoms with E-state index >= 15 is 0 Å². The number of halogens is 1. The second-order valence-corrected chi connectivity index (χ2v) is 5.63. The molecule has 1 aromatic heterocycles. The fourth-order valence-corrected chi connectivity index (χ4v) is 2.99. The molecule has 0 aliphatic rings. The average molecular weight is 292 g/mol. The number of thiophene rings is 1. The Morgan fingerprint density at radius 1 is 1.53 bits per heavy atom. The van der Waals surface area contributed by atoms with Crippen LogP contribution in [-0.2, 0) is 11.2 Å². The Hall–Kier alpha value is 0.100. The highest BCUT2D eigenvalue weighted by Gasteiger charge is 2.09. The van der Waals surface area contributed by atoms with E-state index in [9.17, 15) is 0 Å². The van der Waals surface area contributed by atoms with E-state index in [4.69, 9.17) is 10.5 Å². The first-order valence-electron chi connectivity index (χ1n) is 5.13. The molecule has 1 aromatic rings. The predicted octanol–water partition coefficient (Wildman–Crippen LogP) is 3.20. The molecule has 0 saturated heterocycles. The van der Waals surface area contributed by atoms with Crippen molar-refractivity contribution >= 4 is 27.3 Å². The van der Waals surface area contributed by atoms with Crippen molar-refractivity contribution in [2.75, 3.05) is 7.11 Å². The smallest absolute Gasteiger partial charge is 0.0543 e. The molecule has 2 N–H and O–H groups in total. The maximum atomic E-state index is 6.07. The van der Waals surface area contributed by atoms with Crippen LogP contribution in [-0.4, -0.2) is 19.3 Å². The summed E-state index contributed by atoms with van der Waals surface area (Å²) in [7, 11) is 1.74. The fraction of sp³-hybridized carbons (Fsp3) is 0.636. The third-order valence-corrected chi connectivity index (χ3v) is 4.43. The number of nitrogens with two attached hydrogens (primary N) is 1. The SMILES string of the molecule is COC(C)CCC(N)Cc1sccc1Br. The Morgan fingerprint density at radius 3 is 2.80 bits per heavy atom. The molecule has 1 heterocycles. The van der Waals surface area contributed by atoms with Gasteiger partial charge in [-0.25, -0.2) is 0 Å². The monoisotopic (exact) mass is 291 g/mol. The largest absolute Gasteiger partial charge is 0.382 e. The molecule has 0 bridgehead atoms. The van der Waals surface area contributed by atoms with Gasteiger partial charge in [-0.1, -0.05) is 0 Å². The Labute approximate surface area is 104 Å². The molecule has 0 aliphatic heterocycles. The molecule has 15 heavy (non-hydrogen) atoms. The van der Waals surface area contributed by atoms with Gasteiger partial charge in [0.1, 0.15) is 0 Å². The van der Waals surface area contributed by atoms with Crippen molar-refractivity contribution in [3.63, 3.8) is 0 Å². The number of ether oxygens (including phenoxy) is 1. The zero-order valence-corrected chi connectivity index (χ0v) is 11.6. The van der Waals surface area contributed by atoms with Gasteiger partial charge in [0.05, 0.1) is 6.10 Å². The summed E-state index contributed by atoms with van der Waals surface area (Å²) in [6.07, 6.45) is 3.30. The van der Waals surface area contributed by atoms with E-state index in [-0.39, 0.29) is 6.04 Å². The molecule has 0 amide bonds. The Kier molecular flexibility index (Phi) is 5.82. The minimum Gasteiger partial charge on any atom is -0.382 e. The summed E-state index contributed by atoms with van der Waals surface area (Å²) in [5.74, 6) is 0. The molecule has 0 saturated carbocycles. The summed E-state index contributed by atoms with van der Waals surface area (Å²) in [5, 5.41) is 2.09. The molecule has 86 valence electrons. The van der Waals surface area contributed by atoms with Gasteiger partial charge in [-0.15, -0.1) is 11.3 Å². The summed E-state index contributed by atoms with van der Waals surface area (Å²) < 4.78 is 6.38. The Balaban J connectivity index is 2.30. The van der Waals surface area contributed by atoms with Crippen LogP contribution in [0.5, 0.6) is 0 Å². The van der Waals surface area contributed by atoms with E-state index < -0.39 is 0 Å². The highest BCUT2D eigenvalue weighted by atomic mass is 79.9. The molecular formula is C11H18BrNOS. The van der Waals surface area contributed by atoms with E-state index in [2.05, 4.69) is 34.3 Å². The molecule has 2 atom stereocenters. The molecule has 2 nitrogen and oxygen atoms in total. The van der Waals surface area contributed by atoms with Crippen LogP contribution in [0.15, 0.2) is 15.9 Å². The van der Waals surface area contributed by atoms with Crippen LogP contribution in [0.4, 0.5) is 0 Å². The summed E-state index contributed by atoms with van der Waals surface area (Å²) in [6.45, 7) is 2.08. The molecular weight excluding hydrogens is 274 g/mol. The molecule has 0 spiro atoms. The minimum atomic E-state index is 0.234. The first kappa shape index (κ1) is 13.2. The lowest BCUT2D eigenvalue weighted by atomic mass is 10.1. The lowest BCUT2D eigenvalue weighted by Gasteiger charge is -2.14. The highest BCUT2D eigenvalue weighted by Crippen LogP contribution is 2.24. The van der Waals surface area contributed by atoms with E-state index in [1.54, 1.807) is 18.4 Å². The number of hydrogen-bond donors (Lipinski definition) is 1. The highest BCUT2D eigenvalue weighted by molar-refractivity contribution is 9.10. The van der Waals surface area contributed by atoms with Crippen molar-refractivity contribution in [3.05, 3.63) is 20.8 Å². The summed E-state index contributed by atoms with van der Waals surface area (Å²) in [6, 6.07) is 2.31. The number of rotatable bonds is 6. The van der Waals surface area contributed by atoms with Crippen molar-refractivity contribution in [2.45, 2.75) is 38.3 Å². The van der Waals surface area contributed by atoms with Gasteiger partial charge in [0.25, 0.3) is 0 Å². The van der Waals surface area contributed by atoms with Crippen LogP contribution < -0.4 is 5.73 Å². The van der Waals surface area contributed by atoms with Crippen LogP contribution in [0, 0.1) is 0 Å². The topological polar surface area (TPSA) is 35.2 Å². The number of methoxy groups -OCH3 is 1. The lowest BCUT2D eigenvalue weighted by Crippen LogP contribution is -2.24. The Bertz CT molecular complexity index is 290. The van der Waals surface area contributed by atoms with Crippen molar-refractivity contribution in [2.24, 2.45) is 5.73 Å². The zero-order valence-electron chi connectivity index (χ0n) is 9.20. The van der Waals surface area contributed by atoms with Gasteiger partial charge in [-0.05, 0) is 53.6 Å². The molecule has 0 fully saturated rings. The summed E-state index contributed by atoms with van der Waals surface area (Å²) in [5.41, 5.74) is 6.07. The maximum Gasteiger partial charge on any atom is 0.0543 e. The van der Waals surface area contributed by atoms with E-state index in [1.807, 2.05) is 0 Å². The van der Waals surface area contributed by atoms with Crippen LogP contribution in [0.1, 0.15) is 24.6 Å². The second-order valence-electron chi connectivity index (χ2n) is 3.78. The zero-order chi connectivity index (χ0) is 11.3. The van der Waals surface area contributed by atoms with Gasteiger partial charge in [-0.2, -0.15) is 0 Å². The fourth-order valence-electron chi connectivity index (χ4n) is 1.38. The van der Waals surface area contributed by atoms with E-state index in [0.717, 1.165) is 19.3 Å². The summed E-state index contributed by atoms with van der Waals surface area (Å²) in [4.78, 5) is 1.34. The van der Waals surface area contributed by atoms with Gasteiger partial charge in [0.15, 0.2) is 0 Å². The number of hydrogen-bond acceptors (Lipinski definition) is 3. The molecule has 0 aromatic carbocycles. The third-order valence-electron chi connectivity index (χ3n) is 2.48. The average Bonchev–Trinajstić information content (AvgIpc) is 2.61. The second kappa shape index (κ2) is 6.63. The van der Waals surface area contributed by atoms with Gasteiger partial charge >= 0.3 is 0 Å². The minimum absolute atomic E-state index is 0.234. The molecule has 4 heteroatoms. The van der Waals surface area contributed by atoms with Crippen molar-refractivity contribution < 1.29 is 4.74 Å². The van der Waals surface area contributed by atoms with Crippen LogP contribution >= 0.6 is 27.3 Å². The molecule has 0 radical (unpaired) electrons. The quantitative estimate of drug-likeness (QED) is 0.874. The van der Waals surface area contributed by atoms with Crippen LogP contribution in [0.25, 0.3) is 0 Å². The van der Waals surface area contributed by atoms with E-state index in [0.29, 0.717) is 6.10 Å². The molecule has 1 rings (SSSR count). The van der Waals surface area contributed by atoms with Gasteiger partial charge in [-0.3, -0.25) is 0 Å². The molecule has 2 unspecified atom stereocenters. The first-order chi connectivity index (χ1) is 7.13. The predicted molar refractivity (Wildman–Crippen MR) is 69.4 cm³/mol. The van der Waals surface area contributed by atoms with Crippen molar-refractivity contribution in [1.82, 2.24) is 0 Å². The normalized spacial score (nSPS) is 15.2. The van der Waals surface area contributed by atoms with Gasteiger partial charge < -0.3 is 10.5 Å².